The van der Waals surface area contributed by atoms with Crippen molar-refractivity contribution in [2.45, 2.75) is 45.6 Å². The molecule has 80 valence electrons. The van der Waals surface area contributed by atoms with E-state index in [4.69, 9.17) is 0 Å². The van der Waals surface area contributed by atoms with E-state index in [1.54, 1.807) is 6.92 Å². The van der Waals surface area contributed by atoms with Crippen LogP contribution in [0.4, 0.5) is 13.2 Å². The van der Waals surface area contributed by atoms with Crippen molar-refractivity contribution in [3.63, 3.8) is 0 Å². The van der Waals surface area contributed by atoms with Crippen LogP contribution in [0, 0.1) is 5.92 Å². The first-order valence-electron chi connectivity index (χ1n) is 4.51. The summed E-state index contributed by atoms with van der Waals surface area (Å²) < 4.78 is 42.6. The molecule has 13 heavy (non-hydrogen) atoms. The van der Waals surface area contributed by atoms with Crippen molar-refractivity contribution in [2.75, 3.05) is 6.86 Å². The Morgan fingerprint density at radius 2 is 1.85 bits per heavy atom. The van der Waals surface area contributed by atoms with Gasteiger partial charge in [-0.2, -0.15) is 0 Å². The number of alkyl halides is 3. The molecule has 0 rings (SSSR count). The van der Waals surface area contributed by atoms with Gasteiger partial charge in [-0.1, -0.05) is 20.3 Å². The summed E-state index contributed by atoms with van der Waals surface area (Å²) in [6.45, 7) is 3.54. The van der Waals surface area contributed by atoms with Crippen LogP contribution in [0.25, 0.3) is 0 Å². The van der Waals surface area contributed by atoms with E-state index in [0.717, 1.165) is 0 Å². The Bertz CT molecular complexity index is 139. The Hall–Kier alpha value is -0.250. The van der Waals surface area contributed by atoms with Gasteiger partial charge >= 0.3 is 0 Å². The fraction of sp³-hybridized carbons (Fsp3) is 1.00. The fourth-order valence-corrected chi connectivity index (χ4v) is 1.15. The zero-order valence-corrected chi connectivity index (χ0v) is 8.32. The molecule has 0 spiro atoms. The van der Waals surface area contributed by atoms with Gasteiger partial charge in [0, 0.05) is 12.3 Å². The molecule has 0 aliphatic rings. The molecule has 4 heteroatoms. The van der Waals surface area contributed by atoms with Crippen LogP contribution < -0.4 is 0 Å². The third kappa shape index (κ3) is 3.98. The first-order chi connectivity index (χ1) is 5.95. The van der Waals surface area contributed by atoms with Crippen molar-refractivity contribution in [3.05, 3.63) is 0 Å². The van der Waals surface area contributed by atoms with Crippen LogP contribution in [0.5, 0.6) is 0 Å². The van der Waals surface area contributed by atoms with Crippen LogP contribution in [0.2, 0.25) is 0 Å². The summed E-state index contributed by atoms with van der Waals surface area (Å²) in [5.74, 6) is -3.70. The molecule has 0 bridgehead atoms. The van der Waals surface area contributed by atoms with Gasteiger partial charge in [-0.05, 0) is 6.92 Å². The van der Waals surface area contributed by atoms with Crippen molar-refractivity contribution < 1.29 is 17.9 Å². The molecule has 0 aromatic carbocycles. The lowest BCUT2D eigenvalue weighted by atomic mass is 9.95. The molecule has 0 amide bonds. The normalized spacial score (nSPS) is 17.1. The van der Waals surface area contributed by atoms with Crippen LogP contribution in [0.15, 0.2) is 0 Å². The predicted molar refractivity (Wildman–Crippen MR) is 45.5 cm³/mol. The van der Waals surface area contributed by atoms with Gasteiger partial charge in [-0.25, -0.2) is 13.2 Å². The van der Waals surface area contributed by atoms with Gasteiger partial charge in [0.15, 0.2) is 6.86 Å². The van der Waals surface area contributed by atoms with Gasteiger partial charge in [0.2, 0.25) is 0 Å². The maximum atomic E-state index is 13.2. The minimum absolute atomic E-state index is 0.172. The first-order valence-corrected chi connectivity index (χ1v) is 4.51. The van der Waals surface area contributed by atoms with Gasteiger partial charge < -0.3 is 4.74 Å². The number of hydrogen-bond acceptors (Lipinski definition) is 1. The molecule has 2 unspecified atom stereocenters. The van der Waals surface area contributed by atoms with Gasteiger partial charge in [0.1, 0.15) is 0 Å². The number of ether oxygens (including phenoxy) is 1. The molecular formula is C9H17F3O. The highest BCUT2D eigenvalue weighted by atomic mass is 19.3. The van der Waals surface area contributed by atoms with Crippen molar-refractivity contribution in [2.24, 2.45) is 5.92 Å². The molecule has 0 fully saturated rings. The molecule has 0 aliphatic heterocycles. The maximum Gasteiger partial charge on any atom is 0.253 e. The van der Waals surface area contributed by atoms with Crippen LogP contribution in [-0.4, -0.2) is 18.9 Å². The highest BCUT2D eigenvalue weighted by Gasteiger charge is 2.38. The highest BCUT2D eigenvalue weighted by molar-refractivity contribution is 4.77. The monoisotopic (exact) mass is 198 g/mol. The molecule has 0 radical (unpaired) electrons. The van der Waals surface area contributed by atoms with E-state index in [0.29, 0.717) is 6.42 Å². The quantitative estimate of drug-likeness (QED) is 0.635. The Kier molecular flexibility index (Phi) is 5.37. The Morgan fingerprint density at radius 3 is 2.23 bits per heavy atom. The van der Waals surface area contributed by atoms with Crippen molar-refractivity contribution in [1.82, 2.24) is 0 Å². The van der Waals surface area contributed by atoms with Crippen LogP contribution in [0.3, 0.4) is 0 Å². The van der Waals surface area contributed by atoms with Crippen LogP contribution in [0.1, 0.15) is 33.6 Å². The van der Waals surface area contributed by atoms with Crippen LogP contribution in [-0.2, 0) is 4.74 Å². The topological polar surface area (TPSA) is 9.23 Å². The second-order valence-electron chi connectivity index (χ2n) is 3.28. The van der Waals surface area contributed by atoms with E-state index >= 15 is 0 Å². The molecule has 0 saturated carbocycles. The van der Waals surface area contributed by atoms with Gasteiger partial charge in [-0.3, -0.25) is 0 Å². The Labute approximate surface area is 77.3 Å². The molecule has 2 atom stereocenters. The molecule has 0 aromatic heterocycles. The summed E-state index contributed by atoms with van der Waals surface area (Å²) in [6, 6.07) is 0. The molecule has 0 N–H and O–H groups in total. The standard InChI is InChI=1S/C9H17F3O/c1-4-5-9(11,12)7(2)8(3)13-6-10/h7-8H,4-6H2,1-3H3. The average Bonchev–Trinajstić information content (AvgIpc) is 2.03. The van der Waals surface area contributed by atoms with Crippen molar-refractivity contribution >= 4 is 0 Å². The summed E-state index contributed by atoms with van der Waals surface area (Å²) in [7, 11) is 0. The smallest absolute Gasteiger partial charge is 0.253 e. The van der Waals surface area contributed by atoms with E-state index < -0.39 is 24.8 Å². The minimum atomic E-state index is -2.76. The summed E-state index contributed by atoms with van der Waals surface area (Å²) in [5, 5.41) is 0. The molecule has 0 heterocycles. The zero-order valence-electron chi connectivity index (χ0n) is 8.32. The van der Waals surface area contributed by atoms with E-state index in [1.807, 2.05) is 0 Å². The summed E-state index contributed by atoms with van der Waals surface area (Å²) in [4.78, 5) is 0. The number of halogens is 3. The molecular weight excluding hydrogens is 181 g/mol. The average molecular weight is 198 g/mol. The van der Waals surface area contributed by atoms with Gasteiger partial charge in [0.25, 0.3) is 5.92 Å². The minimum Gasteiger partial charge on any atom is -0.347 e. The Morgan fingerprint density at radius 1 is 1.31 bits per heavy atom. The highest BCUT2D eigenvalue weighted by Crippen LogP contribution is 2.32. The maximum absolute atomic E-state index is 13.2. The summed E-state index contributed by atoms with van der Waals surface area (Å²) in [5.41, 5.74) is 0. The van der Waals surface area contributed by atoms with Gasteiger partial charge in [-0.15, -0.1) is 0 Å². The number of hydrogen-bond donors (Lipinski definition) is 0. The summed E-state index contributed by atoms with van der Waals surface area (Å²) >= 11 is 0. The third-order valence-electron chi connectivity index (χ3n) is 2.28. The van der Waals surface area contributed by atoms with Crippen molar-refractivity contribution in [3.8, 4) is 0 Å². The summed E-state index contributed by atoms with van der Waals surface area (Å²) in [6.07, 6.45) is -0.500. The van der Waals surface area contributed by atoms with E-state index in [-0.39, 0.29) is 6.42 Å². The fourth-order valence-electron chi connectivity index (χ4n) is 1.15. The first kappa shape index (κ1) is 12.8. The van der Waals surface area contributed by atoms with E-state index in [9.17, 15) is 13.2 Å². The molecule has 0 aromatic rings. The molecule has 1 nitrogen and oxygen atoms in total. The van der Waals surface area contributed by atoms with E-state index in [2.05, 4.69) is 4.74 Å². The lowest BCUT2D eigenvalue weighted by Crippen LogP contribution is -2.35. The second-order valence-corrected chi connectivity index (χ2v) is 3.28. The largest absolute Gasteiger partial charge is 0.347 e. The second kappa shape index (κ2) is 5.47. The molecule has 0 aliphatic carbocycles. The zero-order chi connectivity index (χ0) is 10.5. The predicted octanol–water partition coefficient (Wildman–Crippen LogP) is 3.39. The lowest BCUT2D eigenvalue weighted by molar-refractivity contribution is -0.126. The van der Waals surface area contributed by atoms with Crippen LogP contribution >= 0.6 is 0 Å². The number of rotatable bonds is 6. The third-order valence-corrected chi connectivity index (χ3v) is 2.28. The Balaban J connectivity index is 4.12. The lowest BCUT2D eigenvalue weighted by Gasteiger charge is -2.27. The van der Waals surface area contributed by atoms with E-state index in [1.165, 1.54) is 13.8 Å². The SMILES string of the molecule is CCCC(F)(F)C(C)C(C)OCF. The molecule has 0 saturated heterocycles. The van der Waals surface area contributed by atoms with Crippen molar-refractivity contribution in [1.29, 1.82) is 0 Å². The van der Waals surface area contributed by atoms with Gasteiger partial charge in [0.05, 0.1) is 6.10 Å².